The topological polar surface area (TPSA) is 66.0 Å². The van der Waals surface area contributed by atoms with Crippen molar-refractivity contribution in [2.75, 3.05) is 40.4 Å². The summed E-state index contributed by atoms with van der Waals surface area (Å²) in [6.07, 6.45) is 8.51. The third kappa shape index (κ3) is 9.68. The van der Waals surface area contributed by atoms with E-state index < -0.39 is 0 Å². The lowest BCUT2D eigenvalue weighted by Gasteiger charge is -2.30. The molecule has 146 valence electrons. The van der Waals surface area contributed by atoms with Gasteiger partial charge in [0.15, 0.2) is 5.96 Å². The third-order valence-corrected chi connectivity index (χ3v) is 4.72. The first-order valence-corrected chi connectivity index (χ1v) is 9.89. The fourth-order valence-corrected chi connectivity index (χ4v) is 3.16. The van der Waals surface area contributed by atoms with Crippen molar-refractivity contribution < 1.29 is 9.53 Å². The SMILES string of the molecule is CCCC1CCC(NC(=NCC(=O)N(C)C)NCCCOCC)CC1. The number of aliphatic imine (C=N–C) groups is 1. The second-order valence-electron chi connectivity index (χ2n) is 7.08. The van der Waals surface area contributed by atoms with Gasteiger partial charge < -0.3 is 20.3 Å². The van der Waals surface area contributed by atoms with Gasteiger partial charge in [-0.2, -0.15) is 0 Å². The van der Waals surface area contributed by atoms with Crippen LogP contribution in [-0.2, 0) is 9.53 Å². The highest BCUT2D eigenvalue weighted by Crippen LogP contribution is 2.27. The van der Waals surface area contributed by atoms with Crippen LogP contribution in [0.5, 0.6) is 0 Å². The zero-order valence-electron chi connectivity index (χ0n) is 16.6. The molecule has 0 radical (unpaired) electrons. The van der Waals surface area contributed by atoms with Crippen molar-refractivity contribution in [1.82, 2.24) is 15.5 Å². The highest BCUT2D eigenvalue weighted by Gasteiger charge is 2.21. The third-order valence-electron chi connectivity index (χ3n) is 4.72. The minimum absolute atomic E-state index is 0.0158. The summed E-state index contributed by atoms with van der Waals surface area (Å²) in [7, 11) is 3.52. The maximum absolute atomic E-state index is 11.8. The maximum Gasteiger partial charge on any atom is 0.243 e. The van der Waals surface area contributed by atoms with E-state index in [1.165, 1.54) is 38.5 Å². The first kappa shape index (κ1) is 21.7. The van der Waals surface area contributed by atoms with E-state index in [1.54, 1.807) is 19.0 Å². The molecule has 1 fully saturated rings. The first-order chi connectivity index (χ1) is 12.1. The van der Waals surface area contributed by atoms with Crippen molar-refractivity contribution in [1.29, 1.82) is 0 Å². The fourth-order valence-electron chi connectivity index (χ4n) is 3.16. The van der Waals surface area contributed by atoms with Crippen LogP contribution in [0.25, 0.3) is 0 Å². The summed E-state index contributed by atoms with van der Waals surface area (Å²) in [5.41, 5.74) is 0. The highest BCUT2D eigenvalue weighted by molar-refractivity contribution is 5.84. The predicted molar refractivity (Wildman–Crippen MR) is 104 cm³/mol. The molecule has 1 saturated carbocycles. The Morgan fingerprint density at radius 2 is 1.92 bits per heavy atom. The van der Waals surface area contributed by atoms with Crippen LogP contribution >= 0.6 is 0 Å². The molecule has 0 bridgehead atoms. The molecule has 1 aliphatic rings. The molecule has 1 aliphatic carbocycles. The second kappa shape index (κ2) is 13.0. The molecule has 6 nitrogen and oxygen atoms in total. The molecule has 25 heavy (non-hydrogen) atoms. The van der Waals surface area contributed by atoms with Crippen LogP contribution in [0, 0.1) is 5.92 Å². The van der Waals surface area contributed by atoms with Crippen molar-refractivity contribution in [3.05, 3.63) is 0 Å². The summed E-state index contributed by atoms with van der Waals surface area (Å²) in [6, 6.07) is 0.459. The molecule has 1 rings (SSSR count). The standard InChI is InChI=1S/C19H38N4O2/c1-5-8-16-9-11-17(12-10-16)22-19(20-13-7-14-25-6-2)21-15-18(24)23(3)4/h16-17H,5-15H2,1-4H3,(H2,20,21,22). The van der Waals surface area contributed by atoms with Gasteiger partial charge in [0.05, 0.1) is 0 Å². The number of hydrogen-bond donors (Lipinski definition) is 2. The molecule has 0 unspecified atom stereocenters. The molecule has 6 heteroatoms. The molecule has 0 atom stereocenters. The number of ether oxygens (including phenoxy) is 1. The fraction of sp³-hybridized carbons (Fsp3) is 0.895. The lowest BCUT2D eigenvalue weighted by Crippen LogP contribution is -2.45. The second-order valence-corrected chi connectivity index (χ2v) is 7.08. The average Bonchev–Trinajstić information content (AvgIpc) is 2.60. The summed E-state index contributed by atoms with van der Waals surface area (Å²) < 4.78 is 5.37. The smallest absolute Gasteiger partial charge is 0.243 e. The lowest BCUT2D eigenvalue weighted by atomic mass is 9.83. The van der Waals surface area contributed by atoms with Gasteiger partial charge in [-0.3, -0.25) is 4.79 Å². The number of carbonyl (C=O) groups excluding carboxylic acids is 1. The van der Waals surface area contributed by atoms with E-state index in [2.05, 4.69) is 22.5 Å². The van der Waals surface area contributed by atoms with Gasteiger partial charge in [-0.05, 0) is 44.9 Å². The van der Waals surface area contributed by atoms with E-state index in [4.69, 9.17) is 4.74 Å². The molecule has 0 aliphatic heterocycles. The summed E-state index contributed by atoms with van der Waals surface area (Å²) in [6.45, 7) is 6.74. The number of guanidine groups is 1. The molecule has 0 saturated heterocycles. The Morgan fingerprint density at radius 1 is 1.20 bits per heavy atom. The average molecular weight is 355 g/mol. The quantitative estimate of drug-likeness (QED) is 0.359. The van der Waals surface area contributed by atoms with Crippen molar-refractivity contribution in [3.63, 3.8) is 0 Å². The Morgan fingerprint density at radius 3 is 2.52 bits per heavy atom. The number of amides is 1. The molecule has 0 aromatic rings. The van der Waals surface area contributed by atoms with Crippen LogP contribution in [0.1, 0.15) is 58.8 Å². The predicted octanol–water partition coefficient (Wildman–Crippen LogP) is 2.40. The number of hydrogen-bond acceptors (Lipinski definition) is 3. The van der Waals surface area contributed by atoms with Gasteiger partial charge in [0.2, 0.25) is 5.91 Å². The molecular formula is C19H38N4O2. The van der Waals surface area contributed by atoms with Gasteiger partial charge in [-0.1, -0.05) is 19.8 Å². The molecule has 0 heterocycles. The van der Waals surface area contributed by atoms with Crippen LogP contribution in [0.2, 0.25) is 0 Å². The van der Waals surface area contributed by atoms with Gasteiger partial charge in [0.25, 0.3) is 0 Å². The molecule has 0 aromatic heterocycles. The summed E-state index contributed by atoms with van der Waals surface area (Å²) >= 11 is 0. The van der Waals surface area contributed by atoms with Crippen molar-refractivity contribution in [2.24, 2.45) is 10.9 Å². The Bertz CT molecular complexity index is 391. The first-order valence-electron chi connectivity index (χ1n) is 9.89. The number of carbonyl (C=O) groups is 1. The van der Waals surface area contributed by atoms with Gasteiger partial charge in [-0.15, -0.1) is 0 Å². The Labute approximate surface area is 153 Å². The Balaban J connectivity index is 2.46. The molecule has 0 aromatic carbocycles. The summed E-state index contributed by atoms with van der Waals surface area (Å²) in [5, 5.41) is 6.88. The number of likely N-dealkylation sites (N-methyl/N-ethyl adjacent to an activating group) is 1. The number of nitrogens with one attached hydrogen (secondary N) is 2. The molecule has 0 spiro atoms. The van der Waals surface area contributed by atoms with E-state index in [0.717, 1.165) is 38.1 Å². The van der Waals surface area contributed by atoms with Crippen LogP contribution in [0.15, 0.2) is 4.99 Å². The minimum Gasteiger partial charge on any atom is -0.382 e. The van der Waals surface area contributed by atoms with Crippen LogP contribution in [0.3, 0.4) is 0 Å². The lowest BCUT2D eigenvalue weighted by molar-refractivity contribution is -0.127. The van der Waals surface area contributed by atoms with Gasteiger partial charge in [0, 0.05) is 39.9 Å². The minimum atomic E-state index is 0.0158. The zero-order chi connectivity index (χ0) is 18.5. The molecule has 1 amide bonds. The van der Waals surface area contributed by atoms with Gasteiger partial charge in [0.1, 0.15) is 6.54 Å². The largest absolute Gasteiger partial charge is 0.382 e. The van der Waals surface area contributed by atoms with Crippen molar-refractivity contribution in [3.8, 4) is 0 Å². The van der Waals surface area contributed by atoms with Crippen molar-refractivity contribution >= 4 is 11.9 Å². The monoisotopic (exact) mass is 354 g/mol. The maximum atomic E-state index is 11.8. The Kier molecular flexibility index (Phi) is 11.3. The van der Waals surface area contributed by atoms with E-state index in [9.17, 15) is 4.79 Å². The summed E-state index contributed by atoms with van der Waals surface area (Å²) in [4.78, 5) is 17.9. The molecular weight excluding hydrogens is 316 g/mol. The van der Waals surface area contributed by atoms with Crippen LogP contribution < -0.4 is 10.6 Å². The van der Waals surface area contributed by atoms with E-state index >= 15 is 0 Å². The van der Waals surface area contributed by atoms with Gasteiger partial charge in [-0.25, -0.2) is 4.99 Å². The van der Waals surface area contributed by atoms with Crippen LogP contribution in [-0.4, -0.2) is 63.2 Å². The summed E-state index contributed by atoms with van der Waals surface area (Å²) in [5.74, 6) is 1.66. The zero-order valence-corrected chi connectivity index (χ0v) is 16.6. The molecule has 2 N–H and O–H groups in total. The van der Waals surface area contributed by atoms with E-state index in [1.807, 2.05) is 6.92 Å². The number of nitrogens with zero attached hydrogens (tertiary/aromatic N) is 2. The van der Waals surface area contributed by atoms with Gasteiger partial charge >= 0.3 is 0 Å². The normalized spacial score (nSPS) is 21.0. The van der Waals surface area contributed by atoms with Crippen molar-refractivity contribution in [2.45, 2.75) is 64.8 Å². The van der Waals surface area contributed by atoms with Crippen LogP contribution in [0.4, 0.5) is 0 Å². The number of rotatable bonds is 10. The Hall–Kier alpha value is -1.30. The van der Waals surface area contributed by atoms with E-state index in [-0.39, 0.29) is 12.5 Å². The highest BCUT2D eigenvalue weighted by atomic mass is 16.5. The van der Waals surface area contributed by atoms with E-state index in [0.29, 0.717) is 6.04 Å².